The van der Waals surface area contributed by atoms with Gasteiger partial charge in [0, 0.05) is 0 Å². The Labute approximate surface area is 143 Å². The summed E-state index contributed by atoms with van der Waals surface area (Å²) < 4.78 is 6.86. The molecule has 3 atom stereocenters. The van der Waals surface area contributed by atoms with Crippen molar-refractivity contribution in [2.75, 3.05) is 25.4 Å². The van der Waals surface area contributed by atoms with Crippen LogP contribution in [-0.4, -0.2) is 34.4 Å². The monoisotopic (exact) mass is 346 g/mol. The molecule has 1 spiro atoms. The Morgan fingerprint density at radius 1 is 1.00 bits per heavy atom. The van der Waals surface area contributed by atoms with E-state index in [1.165, 1.54) is 38.5 Å². The molecule has 0 aromatic rings. The van der Waals surface area contributed by atoms with E-state index in [0.29, 0.717) is 10.8 Å². The molecular formula is C17H30OS3. The van der Waals surface area contributed by atoms with Crippen molar-refractivity contribution < 1.29 is 4.74 Å². The van der Waals surface area contributed by atoms with E-state index in [0.717, 1.165) is 12.5 Å². The highest BCUT2D eigenvalue weighted by atomic mass is 32.3. The minimum absolute atomic E-state index is 0.0924. The summed E-state index contributed by atoms with van der Waals surface area (Å²) in [6, 6.07) is 0. The Balaban J connectivity index is 1.95. The minimum atomic E-state index is 0.0924. The van der Waals surface area contributed by atoms with Crippen molar-refractivity contribution in [2.45, 2.75) is 61.4 Å². The van der Waals surface area contributed by atoms with Crippen LogP contribution in [0.1, 0.15) is 52.4 Å². The summed E-state index contributed by atoms with van der Waals surface area (Å²) in [5, 5.41) is 0. The fraction of sp³-hybridized carbons (Fsp3) is 1.00. The maximum atomic E-state index is 6.69. The SMILES string of the molecule is CSC(SC)(SC)[C@]12CC[C@@H]3C(C)(C)CCC[C@@]3(CO1)C2. The average molecular weight is 347 g/mol. The first-order valence-corrected chi connectivity index (χ1v) is 11.9. The molecule has 3 aliphatic rings. The topological polar surface area (TPSA) is 9.23 Å². The van der Waals surface area contributed by atoms with Crippen molar-refractivity contribution in [3.05, 3.63) is 0 Å². The molecule has 0 radical (unpaired) electrons. The van der Waals surface area contributed by atoms with E-state index in [-0.39, 0.29) is 9.01 Å². The summed E-state index contributed by atoms with van der Waals surface area (Å²) in [7, 11) is 0. The Morgan fingerprint density at radius 2 is 1.67 bits per heavy atom. The number of hydrogen-bond acceptors (Lipinski definition) is 4. The fourth-order valence-electron chi connectivity index (χ4n) is 5.80. The van der Waals surface area contributed by atoms with Gasteiger partial charge in [-0.2, -0.15) is 0 Å². The fourth-order valence-corrected chi connectivity index (χ4v) is 9.62. The summed E-state index contributed by atoms with van der Waals surface area (Å²) in [6.07, 6.45) is 14.9. The van der Waals surface area contributed by atoms with Gasteiger partial charge in [0.25, 0.3) is 0 Å². The van der Waals surface area contributed by atoms with E-state index < -0.39 is 0 Å². The Bertz CT molecular complexity index is 399. The molecule has 3 rings (SSSR count). The Kier molecular flexibility index (Phi) is 4.44. The van der Waals surface area contributed by atoms with E-state index in [1.807, 2.05) is 35.3 Å². The van der Waals surface area contributed by atoms with Crippen molar-refractivity contribution >= 4 is 35.3 Å². The van der Waals surface area contributed by atoms with E-state index in [2.05, 4.69) is 32.6 Å². The predicted octanol–water partition coefficient (Wildman–Crippen LogP) is 5.49. The van der Waals surface area contributed by atoms with Crippen molar-refractivity contribution in [3.8, 4) is 0 Å². The largest absolute Gasteiger partial charge is 0.371 e. The summed E-state index contributed by atoms with van der Waals surface area (Å²) in [6.45, 7) is 6.04. The summed E-state index contributed by atoms with van der Waals surface area (Å²) >= 11 is 6.03. The van der Waals surface area contributed by atoms with Gasteiger partial charge in [-0.3, -0.25) is 0 Å². The number of ether oxygens (including phenoxy) is 1. The zero-order valence-electron chi connectivity index (χ0n) is 14.2. The van der Waals surface area contributed by atoms with Crippen LogP contribution in [0.4, 0.5) is 0 Å². The molecule has 1 saturated heterocycles. The molecule has 3 fully saturated rings. The number of hydrogen-bond donors (Lipinski definition) is 0. The molecule has 1 nitrogen and oxygen atoms in total. The van der Waals surface area contributed by atoms with Crippen molar-refractivity contribution in [1.29, 1.82) is 0 Å². The Hall–Kier alpha value is 1.01. The average Bonchev–Trinajstić information content (AvgIpc) is 2.73. The van der Waals surface area contributed by atoms with E-state index in [1.54, 1.807) is 0 Å². The molecule has 0 aromatic heterocycles. The molecule has 21 heavy (non-hydrogen) atoms. The van der Waals surface area contributed by atoms with Crippen LogP contribution in [0.5, 0.6) is 0 Å². The lowest BCUT2D eigenvalue weighted by molar-refractivity contribution is -0.0322. The molecule has 2 bridgehead atoms. The lowest BCUT2D eigenvalue weighted by Crippen LogP contribution is -2.54. The van der Waals surface area contributed by atoms with Gasteiger partial charge in [-0.05, 0) is 67.6 Å². The number of thioether (sulfide) groups is 3. The first kappa shape index (κ1) is 16.9. The van der Waals surface area contributed by atoms with Gasteiger partial charge < -0.3 is 4.74 Å². The highest BCUT2D eigenvalue weighted by Gasteiger charge is 2.66. The predicted molar refractivity (Wildman–Crippen MR) is 99.4 cm³/mol. The molecule has 122 valence electrons. The first-order valence-electron chi connectivity index (χ1n) is 8.19. The number of fused-ring (bicyclic) bond motifs is 1. The van der Waals surface area contributed by atoms with Crippen LogP contribution in [-0.2, 0) is 4.74 Å². The maximum Gasteiger partial charge on any atom is 0.135 e. The third kappa shape index (κ3) is 2.26. The lowest BCUT2D eigenvalue weighted by Gasteiger charge is -2.56. The van der Waals surface area contributed by atoms with Gasteiger partial charge >= 0.3 is 0 Å². The van der Waals surface area contributed by atoms with Gasteiger partial charge in [0.05, 0.1) is 6.61 Å². The third-order valence-electron chi connectivity index (χ3n) is 6.65. The lowest BCUT2D eigenvalue weighted by atomic mass is 9.50. The highest BCUT2D eigenvalue weighted by molar-refractivity contribution is 8.33. The zero-order valence-corrected chi connectivity index (χ0v) is 16.6. The van der Waals surface area contributed by atoms with Gasteiger partial charge in [-0.15, -0.1) is 35.3 Å². The van der Waals surface area contributed by atoms with Crippen molar-refractivity contribution in [3.63, 3.8) is 0 Å². The first-order chi connectivity index (χ1) is 9.89. The maximum absolute atomic E-state index is 6.69. The molecular weight excluding hydrogens is 316 g/mol. The second-order valence-corrected chi connectivity index (χ2v) is 11.8. The van der Waals surface area contributed by atoms with Gasteiger partial charge in [0.2, 0.25) is 0 Å². The molecule has 4 heteroatoms. The summed E-state index contributed by atoms with van der Waals surface area (Å²) in [5.41, 5.74) is 1.08. The van der Waals surface area contributed by atoms with E-state index in [9.17, 15) is 0 Å². The van der Waals surface area contributed by atoms with Crippen LogP contribution < -0.4 is 0 Å². The van der Waals surface area contributed by atoms with Gasteiger partial charge in [0.1, 0.15) is 9.01 Å². The van der Waals surface area contributed by atoms with Crippen molar-refractivity contribution in [1.82, 2.24) is 0 Å². The van der Waals surface area contributed by atoms with Crippen molar-refractivity contribution in [2.24, 2.45) is 16.7 Å². The Morgan fingerprint density at radius 3 is 2.29 bits per heavy atom. The quantitative estimate of drug-likeness (QED) is 0.622. The molecule has 1 heterocycles. The highest BCUT2D eigenvalue weighted by Crippen LogP contribution is 2.70. The van der Waals surface area contributed by atoms with Crippen LogP contribution in [0.25, 0.3) is 0 Å². The third-order valence-corrected chi connectivity index (χ3v) is 12.4. The van der Waals surface area contributed by atoms with Crippen LogP contribution in [0, 0.1) is 16.7 Å². The molecule has 0 unspecified atom stereocenters. The molecule has 2 saturated carbocycles. The van der Waals surface area contributed by atoms with Crippen LogP contribution in [0.2, 0.25) is 0 Å². The second kappa shape index (κ2) is 5.53. The second-order valence-electron chi connectivity index (χ2n) is 7.92. The van der Waals surface area contributed by atoms with Gasteiger partial charge in [0.15, 0.2) is 0 Å². The standard InChI is InChI=1S/C17H30OS3/c1-14(2)8-6-9-15-11-16(18-12-15,10-7-13(14)15)17(19-3,20-4)21-5/h13H,6-12H2,1-5H3/t13-,15+,16-/m1/s1. The number of rotatable bonds is 4. The molecule has 1 aliphatic heterocycles. The van der Waals surface area contributed by atoms with Crippen LogP contribution in [0.15, 0.2) is 0 Å². The minimum Gasteiger partial charge on any atom is -0.371 e. The van der Waals surface area contributed by atoms with E-state index >= 15 is 0 Å². The zero-order chi connectivity index (χ0) is 15.4. The molecule has 2 aliphatic carbocycles. The van der Waals surface area contributed by atoms with E-state index in [4.69, 9.17) is 4.74 Å². The normalized spacial score (nSPS) is 41.9. The smallest absolute Gasteiger partial charge is 0.135 e. The molecule has 0 N–H and O–H groups in total. The molecule has 0 aromatic carbocycles. The van der Waals surface area contributed by atoms with Gasteiger partial charge in [-0.25, -0.2) is 0 Å². The molecule has 0 amide bonds. The van der Waals surface area contributed by atoms with Crippen LogP contribution in [0.3, 0.4) is 0 Å². The summed E-state index contributed by atoms with van der Waals surface area (Å²) in [4.78, 5) is 0. The van der Waals surface area contributed by atoms with Crippen LogP contribution >= 0.6 is 35.3 Å². The summed E-state index contributed by atoms with van der Waals surface area (Å²) in [5.74, 6) is 0.873. The van der Waals surface area contributed by atoms with Gasteiger partial charge in [-0.1, -0.05) is 20.3 Å².